The summed E-state index contributed by atoms with van der Waals surface area (Å²) in [5.74, 6) is -0.366. The molecule has 1 saturated carbocycles. The fraction of sp³-hybridized carbons (Fsp3) is 0.533. The van der Waals surface area contributed by atoms with Crippen LogP contribution in [0.25, 0.3) is 0 Å². The maximum absolute atomic E-state index is 12.3. The van der Waals surface area contributed by atoms with E-state index in [0.717, 1.165) is 36.2 Å². The van der Waals surface area contributed by atoms with Crippen LogP contribution in [0.15, 0.2) is 12.1 Å². The fourth-order valence-corrected chi connectivity index (χ4v) is 4.29. The number of benzene rings is 1. The van der Waals surface area contributed by atoms with Gasteiger partial charge in [0.2, 0.25) is 15.9 Å². The van der Waals surface area contributed by atoms with Gasteiger partial charge >= 0.3 is 0 Å². The molecule has 0 heterocycles. The first-order chi connectivity index (χ1) is 11.2. The van der Waals surface area contributed by atoms with Crippen LogP contribution in [0, 0.1) is 0 Å². The lowest BCUT2D eigenvalue weighted by molar-refractivity contribution is -0.120. The van der Waals surface area contributed by atoms with Crippen LogP contribution in [-0.4, -0.2) is 33.2 Å². The number of amides is 1. The molecule has 9 heteroatoms. The van der Waals surface area contributed by atoms with Crippen LogP contribution in [0.3, 0.4) is 0 Å². The van der Waals surface area contributed by atoms with E-state index >= 15 is 0 Å². The molecule has 0 saturated heterocycles. The van der Waals surface area contributed by atoms with Gasteiger partial charge in [0.25, 0.3) is 0 Å². The minimum atomic E-state index is -3.72. The van der Waals surface area contributed by atoms with Crippen LogP contribution in [0.1, 0.15) is 32.1 Å². The van der Waals surface area contributed by atoms with Gasteiger partial charge in [0.15, 0.2) is 0 Å². The molecule has 5 nitrogen and oxygen atoms in total. The highest BCUT2D eigenvalue weighted by Gasteiger charge is 2.25. The van der Waals surface area contributed by atoms with Crippen LogP contribution < -0.4 is 9.62 Å². The zero-order chi connectivity index (χ0) is 17.9. The van der Waals surface area contributed by atoms with Gasteiger partial charge in [0.05, 0.1) is 27.0 Å². The Kier molecular flexibility index (Phi) is 6.65. The minimum Gasteiger partial charge on any atom is -0.352 e. The molecule has 1 fully saturated rings. The van der Waals surface area contributed by atoms with Gasteiger partial charge in [0.1, 0.15) is 6.54 Å². The lowest BCUT2D eigenvalue weighted by Gasteiger charge is -2.26. The molecule has 24 heavy (non-hydrogen) atoms. The molecule has 1 aliphatic rings. The number of halogens is 3. The molecule has 0 unspecified atom stereocenters. The second-order valence-corrected chi connectivity index (χ2v) is 9.02. The molecule has 134 valence electrons. The Balaban J connectivity index is 2.20. The average molecular weight is 414 g/mol. The Morgan fingerprint density at radius 1 is 1.12 bits per heavy atom. The van der Waals surface area contributed by atoms with Crippen molar-refractivity contribution in [3.05, 3.63) is 27.2 Å². The normalized spacial score (nSPS) is 16.0. The fourth-order valence-electron chi connectivity index (χ4n) is 2.73. The van der Waals surface area contributed by atoms with Crippen molar-refractivity contribution in [1.82, 2.24) is 5.32 Å². The van der Waals surface area contributed by atoms with Gasteiger partial charge in [-0.1, -0.05) is 54.1 Å². The van der Waals surface area contributed by atoms with Gasteiger partial charge in [-0.2, -0.15) is 0 Å². The number of carbonyl (C=O) groups excluding carboxylic acids is 1. The van der Waals surface area contributed by atoms with E-state index in [1.165, 1.54) is 18.6 Å². The molecule has 0 aliphatic heterocycles. The van der Waals surface area contributed by atoms with Gasteiger partial charge in [-0.15, -0.1) is 0 Å². The predicted molar refractivity (Wildman–Crippen MR) is 98.7 cm³/mol. The van der Waals surface area contributed by atoms with E-state index in [-0.39, 0.29) is 39.2 Å². The number of nitrogens with one attached hydrogen (secondary N) is 1. The summed E-state index contributed by atoms with van der Waals surface area (Å²) >= 11 is 17.9. The molecular formula is C15H19Cl3N2O3S. The van der Waals surface area contributed by atoms with E-state index in [1.54, 1.807) is 0 Å². The lowest BCUT2D eigenvalue weighted by Crippen LogP contribution is -2.44. The number of sulfonamides is 1. The van der Waals surface area contributed by atoms with Crippen molar-refractivity contribution in [3.63, 3.8) is 0 Å². The molecule has 0 bridgehead atoms. The third kappa shape index (κ3) is 5.15. The van der Waals surface area contributed by atoms with Crippen LogP contribution in [-0.2, 0) is 14.8 Å². The molecule has 0 spiro atoms. The second kappa shape index (κ2) is 8.13. The number of carbonyl (C=O) groups is 1. The molecule has 1 amide bonds. The number of rotatable bonds is 5. The van der Waals surface area contributed by atoms with Crippen molar-refractivity contribution >= 4 is 56.4 Å². The standard InChI is InChI=1S/C15H19Cl3N2O3S/c1-24(22,23)20(14-8-12(17)11(16)7-13(14)18)9-15(21)19-10-5-3-2-4-6-10/h7-8,10H,2-6,9H2,1H3,(H,19,21). The monoisotopic (exact) mass is 412 g/mol. The molecule has 0 atom stereocenters. The molecule has 1 aliphatic carbocycles. The maximum atomic E-state index is 12.3. The quantitative estimate of drug-likeness (QED) is 0.745. The van der Waals surface area contributed by atoms with Crippen molar-refractivity contribution in [2.75, 3.05) is 17.1 Å². The Labute approximate surface area is 157 Å². The lowest BCUT2D eigenvalue weighted by atomic mass is 9.95. The number of hydrogen-bond acceptors (Lipinski definition) is 3. The van der Waals surface area contributed by atoms with E-state index < -0.39 is 10.0 Å². The summed E-state index contributed by atoms with van der Waals surface area (Å²) in [4.78, 5) is 12.3. The van der Waals surface area contributed by atoms with E-state index in [4.69, 9.17) is 34.8 Å². The highest BCUT2D eigenvalue weighted by atomic mass is 35.5. The van der Waals surface area contributed by atoms with Crippen molar-refractivity contribution in [3.8, 4) is 0 Å². The Hall–Kier alpha value is -0.690. The number of nitrogens with zero attached hydrogens (tertiary/aromatic N) is 1. The first kappa shape index (κ1) is 19.6. The van der Waals surface area contributed by atoms with Crippen LogP contribution >= 0.6 is 34.8 Å². The third-order valence-corrected chi connectivity index (χ3v) is 6.07. The zero-order valence-corrected chi connectivity index (χ0v) is 16.3. The molecular weight excluding hydrogens is 395 g/mol. The Morgan fingerprint density at radius 3 is 2.29 bits per heavy atom. The largest absolute Gasteiger partial charge is 0.352 e. The van der Waals surface area contributed by atoms with Gasteiger partial charge in [-0.25, -0.2) is 8.42 Å². The zero-order valence-electron chi connectivity index (χ0n) is 13.2. The number of hydrogen-bond donors (Lipinski definition) is 1. The Bertz CT molecular complexity index is 719. The van der Waals surface area contributed by atoms with Gasteiger partial charge in [-0.05, 0) is 25.0 Å². The second-order valence-electron chi connectivity index (χ2n) is 5.89. The first-order valence-electron chi connectivity index (χ1n) is 7.60. The molecule has 0 aromatic heterocycles. The van der Waals surface area contributed by atoms with Gasteiger partial charge < -0.3 is 5.32 Å². The SMILES string of the molecule is CS(=O)(=O)N(CC(=O)NC1CCCCC1)c1cc(Cl)c(Cl)cc1Cl. The Morgan fingerprint density at radius 2 is 1.71 bits per heavy atom. The smallest absolute Gasteiger partial charge is 0.240 e. The van der Waals surface area contributed by atoms with E-state index in [1.807, 2.05) is 0 Å². The van der Waals surface area contributed by atoms with Crippen molar-refractivity contribution in [1.29, 1.82) is 0 Å². The highest BCUT2D eigenvalue weighted by molar-refractivity contribution is 7.92. The van der Waals surface area contributed by atoms with Crippen molar-refractivity contribution in [2.24, 2.45) is 0 Å². The summed E-state index contributed by atoms with van der Waals surface area (Å²) < 4.78 is 25.2. The molecule has 1 N–H and O–H groups in total. The summed E-state index contributed by atoms with van der Waals surface area (Å²) in [5, 5.41) is 3.38. The summed E-state index contributed by atoms with van der Waals surface area (Å²) in [5.41, 5.74) is 0.132. The summed E-state index contributed by atoms with van der Waals surface area (Å²) in [6.07, 6.45) is 6.15. The summed E-state index contributed by atoms with van der Waals surface area (Å²) in [6, 6.07) is 2.80. The van der Waals surface area contributed by atoms with Crippen molar-refractivity contribution in [2.45, 2.75) is 38.1 Å². The molecule has 1 aromatic rings. The molecule has 0 radical (unpaired) electrons. The first-order valence-corrected chi connectivity index (χ1v) is 10.6. The van der Waals surface area contributed by atoms with E-state index in [9.17, 15) is 13.2 Å². The van der Waals surface area contributed by atoms with E-state index in [2.05, 4.69) is 5.32 Å². The van der Waals surface area contributed by atoms with E-state index in [0.29, 0.717) is 0 Å². The summed E-state index contributed by atoms with van der Waals surface area (Å²) in [7, 11) is -3.72. The molecule has 1 aromatic carbocycles. The summed E-state index contributed by atoms with van der Waals surface area (Å²) in [6.45, 7) is -0.354. The minimum absolute atomic E-state index is 0.0944. The topological polar surface area (TPSA) is 66.5 Å². The van der Waals surface area contributed by atoms with Gasteiger partial charge in [-0.3, -0.25) is 9.10 Å². The molecule has 2 rings (SSSR count). The van der Waals surface area contributed by atoms with Crippen LogP contribution in [0.4, 0.5) is 5.69 Å². The van der Waals surface area contributed by atoms with Crippen molar-refractivity contribution < 1.29 is 13.2 Å². The van der Waals surface area contributed by atoms with Crippen LogP contribution in [0.2, 0.25) is 15.1 Å². The average Bonchev–Trinajstić information content (AvgIpc) is 2.49. The predicted octanol–water partition coefficient (Wildman–Crippen LogP) is 3.86. The van der Waals surface area contributed by atoms with Gasteiger partial charge in [0, 0.05) is 6.04 Å². The highest BCUT2D eigenvalue weighted by Crippen LogP contribution is 2.35. The third-order valence-electron chi connectivity index (χ3n) is 3.92. The number of anilines is 1. The maximum Gasteiger partial charge on any atom is 0.240 e. The van der Waals surface area contributed by atoms with Crippen LogP contribution in [0.5, 0.6) is 0 Å².